The minimum Gasteiger partial charge on any atom is -0.497 e. The maximum absolute atomic E-state index is 13.0. The van der Waals surface area contributed by atoms with Crippen LogP contribution in [0.15, 0.2) is 65.5 Å². The van der Waals surface area contributed by atoms with Crippen LogP contribution in [-0.4, -0.2) is 34.2 Å². The van der Waals surface area contributed by atoms with Crippen LogP contribution in [0.5, 0.6) is 5.75 Å². The fourth-order valence-electron chi connectivity index (χ4n) is 3.28. The quantitative estimate of drug-likeness (QED) is 0.719. The summed E-state index contributed by atoms with van der Waals surface area (Å²) in [7, 11) is 1.63. The molecule has 4 rings (SSSR count). The lowest BCUT2D eigenvalue weighted by molar-refractivity contribution is 0.0726. The Morgan fingerprint density at radius 1 is 1.04 bits per heavy atom. The molecular formula is C21H19N3O3. The van der Waals surface area contributed by atoms with E-state index in [2.05, 4.69) is 5.10 Å². The Balaban J connectivity index is 1.63. The van der Waals surface area contributed by atoms with Gasteiger partial charge in [0, 0.05) is 19.2 Å². The van der Waals surface area contributed by atoms with E-state index in [4.69, 9.17) is 4.74 Å². The molecule has 136 valence electrons. The number of hydrogen-bond donors (Lipinski definition) is 0. The maximum Gasteiger partial charge on any atom is 0.274 e. The molecule has 2 aromatic carbocycles. The van der Waals surface area contributed by atoms with Gasteiger partial charge in [-0.3, -0.25) is 9.59 Å². The van der Waals surface area contributed by atoms with E-state index < -0.39 is 0 Å². The molecule has 27 heavy (non-hydrogen) atoms. The second-order valence-corrected chi connectivity index (χ2v) is 6.42. The summed E-state index contributed by atoms with van der Waals surface area (Å²) in [4.78, 5) is 26.9. The Morgan fingerprint density at radius 2 is 1.85 bits per heavy atom. The van der Waals surface area contributed by atoms with Crippen molar-refractivity contribution < 1.29 is 9.53 Å². The van der Waals surface area contributed by atoms with Gasteiger partial charge >= 0.3 is 0 Å². The van der Waals surface area contributed by atoms with Crippen LogP contribution >= 0.6 is 0 Å². The third-order valence-corrected chi connectivity index (χ3v) is 4.73. The first-order chi connectivity index (χ1) is 13.2. The first kappa shape index (κ1) is 17.0. The molecule has 1 aliphatic rings. The van der Waals surface area contributed by atoms with Gasteiger partial charge in [0.1, 0.15) is 11.4 Å². The first-order valence-electron chi connectivity index (χ1n) is 8.76. The van der Waals surface area contributed by atoms with E-state index in [1.54, 1.807) is 24.1 Å². The Kier molecular flexibility index (Phi) is 4.46. The molecule has 1 aromatic heterocycles. The van der Waals surface area contributed by atoms with Crippen LogP contribution in [0.3, 0.4) is 0 Å². The fourth-order valence-corrected chi connectivity index (χ4v) is 3.28. The van der Waals surface area contributed by atoms with Crippen molar-refractivity contribution >= 4 is 5.91 Å². The number of nitrogens with zero attached hydrogens (tertiary/aromatic N) is 3. The summed E-state index contributed by atoms with van der Waals surface area (Å²) >= 11 is 0. The molecule has 1 aliphatic heterocycles. The number of para-hydroxylation sites is 1. The van der Waals surface area contributed by atoms with Gasteiger partial charge in [-0.15, -0.1) is 0 Å². The molecule has 0 unspecified atom stereocenters. The predicted molar refractivity (Wildman–Crippen MR) is 101 cm³/mol. The average Bonchev–Trinajstić information content (AvgIpc) is 2.73. The van der Waals surface area contributed by atoms with E-state index in [0.717, 1.165) is 17.7 Å². The zero-order valence-electron chi connectivity index (χ0n) is 15.0. The number of aromatic nitrogens is 2. The molecule has 0 fully saturated rings. The molecule has 0 saturated carbocycles. The highest BCUT2D eigenvalue weighted by atomic mass is 16.5. The van der Waals surface area contributed by atoms with E-state index in [-0.39, 0.29) is 17.2 Å². The van der Waals surface area contributed by atoms with Crippen LogP contribution < -0.4 is 10.3 Å². The number of carbonyl (C=O) groups is 1. The highest BCUT2D eigenvalue weighted by molar-refractivity contribution is 5.92. The van der Waals surface area contributed by atoms with Crippen LogP contribution in [0.25, 0.3) is 5.69 Å². The van der Waals surface area contributed by atoms with E-state index in [1.807, 2.05) is 36.4 Å². The predicted octanol–water partition coefficient (Wildman–Crippen LogP) is 2.44. The maximum atomic E-state index is 13.0. The minimum atomic E-state index is -0.272. The standard InChI is InChI=1S/C21H19N3O3/c1-27-18-8-7-15-11-12-23(14-16(15)13-18)21(26)19-9-10-20(25)24(22-19)17-5-3-2-4-6-17/h2-10,13H,11-12,14H2,1H3. The molecule has 0 N–H and O–H groups in total. The van der Waals surface area contributed by atoms with Crippen LogP contribution in [0, 0.1) is 0 Å². The minimum absolute atomic E-state index is 0.187. The van der Waals surface area contributed by atoms with Gasteiger partial charge in [-0.1, -0.05) is 24.3 Å². The van der Waals surface area contributed by atoms with Gasteiger partial charge in [0.05, 0.1) is 12.8 Å². The van der Waals surface area contributed by atoms with Crippen molar-refractivity contribution in [1.82, 2.24) is 14.7 Å². The van der Waals surface area contributed by atoms with E-state index in [0.29, 0.717) is 18.8 Å². The Bertz CT molecular complexity index is 1040. The summed E-state index contributed by atoms with van der Waals surface area (Å²) in [6.45, 7) is 1.11. The number of benzene rings is 2. The van der Waals surface area contributed by atoms with Gasteiger partial charge in [-0.05, 0) is 47.9 Å². The van der Waals surface area contributed by atoms with Gasteiger partial charge in [-0.25, -0.2) is 0 Å². The van der Waals surface area contributed by atoms with E-state index in [9.17, 15) is 9.59 Å². The smallest absolute Gasteiger partial charge is 0.274 e. The summed E-state index contributed by atoms with van der Waals surface area (Å²) in [5, 5.41) is 4.30. The van der Waals surface area contributed by atoms with Gasteiger partial charge < -0.3 is 9.64 Å². The van der Waals surface area contributed by atoms with Crippen LogP contribution in [-0.2, 0) is 13.0 Å². The second-order valence-electron chi connectivity index (χ2n) is 6.42. The molecule has 6 heteroatoms. The summed E-state index contributed by atoms with van der Waals surface area (Å²) in [6, 6.07) is 17.9. The number of amides is 1. The van der Waals surface area contributed by atoms with Crippen molar-refractivity contribution in [3.8, 4) is 11.4 Å². The van der Waals surface area contributed by atoms with Gasteiger partial charge in [-0.2, -0.15) is 9.78 Å². The second kappa shape index (κ2) is 7.07. The van der Waals surface area contributed by atoms with Crippen molar-refractivity contribution in [2.45, 2.75) is 13.0 Å². The molecule has 6 nitrogen and oxygen atoms in total. The summed E-state index contributed by atoms with van der Waals surface area (Å²) in [5.74, 6) is 0.590. The molecule has 0 aliphatic carbocycles. The topological polar surface area (TPSA) is 64.4 Å². The van der Waals surface area contributed by atoms with Crippen LogP contribution in [0.1, 0.15) is 21.6 Å². The van der Waals surface area contributed by atoms with Crippen molar-refractivity contribution in [3.05, 3.63) is 87.8 Å². The highest BCUT2D eigenvalue weighted by Crippen LogP contribution is 2.24. The van der Waals surface area contributed by atoms with Crippen LogP contribution in [0.4, 0.5) is 0 Å². The molecule has 0 radical (unpaired) electrons. The summed E-state index contributed by atoms with van der Waals surface area (Å²) in [5.41, 5.74) is 2.91. The molecule has 1 amide bonds. The fraction of sp³-hybridized carbons (Fsp3) is 0.190. The average molecular weight is 361 g/mol. The SMILES string of the molecule is COc1ccc2c(c1)CN(C(=O)c1ccc(=O)n(-c3ccccc3)n1)CC2. The number of hydrogen-bond acceptors (Lipinski definition) is 4. The highest BCUT2D eigenvalue weighted by Gasteiger charge is 2.23. The van der Waals surface area contributed by atoms with Gasteiger partial charge in [0.2, 0.25) is 0 Å². The molecule has 0 spiro atoms. The zero-order chi connectivity index (χ0) is 18.8. The summed E-state index contributed by atoms with van der Waals surface area (Å²) in [6.07, 6.45) is 0.781. The lowest BCUT2D eigenvalue weighted by atomic mass is 9.99. The van der Waals surface area contributed by atoms with E-state index >= 15 is 0 Å². The van der Waals surface area contributed by atoms with Crippen molar-refractivity contribution in [1.29, 1.82) is 0 Å². The van der Waals surface area contributed by atoms with Crippen LogP contribution in [0.2, 0.25) is 0 Å². The third-order valence-electron chi connectivity index (χ3n) is 4.73. The monoisotopic (exact) mass is 361 g/mol. The number of methoxy groups -OCH3 is 1. The lowest BCUT2D eigenvalue weighted by Crippen LogP contribution is -2.37. The number of carbonyl (C=O) groups excluding carboxylic acids is 1. The number of fused-ring (bicyclic) bond motifs is 1. The molecule has 3 aromatic rings. The largest absolute Gasteiger partial charge is 0.497 e. The van der Waals surface area contributed by atoms with Crippen molar-refractivity contribution in [2.75, 3.05) is 13.7 Å². The van der Waals surface area contributed by atoms with Crippen molar-refractivity contribution in [3.63, 3.8) is 0 Å². The zero-order valence-corrected chi connectivity index (χ0v) is 15.0. The lowest BCUT2D eigenvalue weighted by Gasteiger charge is -2.29. The number of ether oxygens (including phenoxy) is 1. The molecule has 0 saturated heterocycles. The number of rotatable bonds is 3. The third kappa shape index (κ3) is 3.33. The Hall–Kier alpha value is -3.41. The van der Waals surface area contributed by atoms with Gasteiger partial charge in [0.25, 0.3) is 11.5 Å². The Morgan fingerprint density at radius 3 is 2.63 bits per heavy atom. The van der Waals surface area contributed by atoms with E-state index in [1.165, 1.54) is 22.4 Å². The molecule has 2 heterocycles. The molecular weight excluding hydrogens is 342 g/mol. The molecule has 0 bridgehead atoms. The summed E-state index contributed by atoms with van der Waals surface area (Å²) < 4.78 is 6.54. The molecule has 0 atom stereocenters. The normalized spacial score (nSPS) is 13.1. The first-order valence-corrected chi connectivity index (χ1v) is 8.76. The van der Waals surface area contributed by atoms with Gasteiger partial charge in [0.15, 0.2) is 0 Å². The Labute approximate surface area is 156 Å². The van der Waals surface area contributed by atoms with Crippen molar-refractivity contribution in [2.24, 2.45) is 0 Å².